The van der Waals surface area contributed by atoms with Crippen molar-refractivity contribution in [3.63, 3.8) is 0 Å². The summed E-state index contributed by atoms with van der Waals surface area (Å²) >= 11 is 0. The Bertz CT molecular complexity index is 993. The lowest BCUT2D eigenvalue weighted by Crippen LogP contribution is -2.45. The number of carbonyl (C=O) groups is 1. The molecule has 0 spiro atoms. The van der Waals surface area contributed by atoms with Crippen LogP contribution < -0.4 is 5.73 Å². The van der Waals surface area contributed by atoms with Crippen LogP contribution in [0.5, 0.6) is 0 Å². The molecular weight excluding hydrogens is 388 g/mol. The summed E-state index contributed by atoms with van der Waals surface area (Å²) in [5, 5.41) is 31.2. The van der Waals surface area contributed by atoms with Gasteiger partial charge in [-0.25, -0.2) is 9.97 Å². The first-order valence-electron chi connectivity index (χ1n) is 10.2. The standard InChI is InChI=1S/C21H26N4O5/c1-2-21(29)17(28)14(8-9-26)30-20(21)25-10-13(15-18(22)23-11-24-19(15)25)16(27)12-6-4-3-5-7-12/h1,10-12,14,17,20,26,28-29H,3-9H2,(H2,22,23,24). The molecule has 0 amide bonds. The number of hydrogen-bond acceptors (Lipinski definition) is 8. The summed E-state index contributed by atoms with van der Waals surface area (Å²) in [4.78, 5) is 21.6. The Kier molecular flexibility index (Phi) is 5.51. The Morgan fingerprint density at radius 1 is 1.37 bits per heavy atom. The van der Waals surface area contributed by atoms with Crippen molar-refractivity contribution >= 4 is 22.6 Å². The molecule has 1 aliphatic carbocycles. The van der Waals surface area contributed by atoms with E-state index >= 15 is 0 Å². The van der Waals surface area contributed by atoms with Gasteiger partial charge in [0.05, 0.1) is 11.5 Å². The van der Waals surface area contributed by atoms with Gasteiger partial charge >= 0.3 is 0 Å². The summed E-state index contributed by atoms with van der Waals surface area (Å²) in [6.45, 7) is -0.248. The third-order valence-corrected chi connectivity index (χ3v) is 6.26. The van der Waals surface area contributed by atoms with E-state index in [0.717, 1.165) is 32.1 Å². The van der Waals surface area contributed by atoms with E-state index in [1.54, 1.807) is 0 Å². The van der Waals surface area contributed by atoms with E-state index in [2.05, 4.69) is 15.9 Å². The Morgan fingerprint density at radius 2 is 2.10 bits per heavy atom. The number of terminal acetylenes is 1. The van der Waals surface area contributed by atoms with E-state index in [4.69, 9.17) is 16.9 Å². The van der Waals surface area contributed by atoms with Crippen LogP contribution in [0.4, 0.5) is 5.82 Å². The maximum Gasteiger partial charge on any atom is 0.199 e. The van der Waals surface area contributed by atoms with Gasteiger partial charge in [-0.05, 0) is 19.3 Å². The van der Waals surface area contributed by atoms with Crippen molar-refractivity contribution in [2.45, 2.75) is 62.6 Å². The number of carbonyl (C=O) groups excluding carboxylic acids is 1. The summed E-state index contributed by atoms with van der Waals surface area (Å²) in [5.41, 5.74) is 4.67. The maximum atomic E-state index is 13.3. The van der Waals surface area contributed by atoms with Crippen LogP contribution in [0.25, 0.3) is 11.0 Å². The van der Waals surface area contributed by atoms with Gasteiger partial charge in [0.2, 0.25) is 0 Å². The number of fused-ring (bicyclic) bond motifs is 1. The molecule has 0 radical (unpaired) electrons. The molecule has 2 aromatic heterocycles. The lowest BCUT2D eigenvalue weighted by atomic mass is 9.84. The number of ether oxygens (including phenoxy) is 1. The van der Waals surface area contributed by atoms with Gasteiger partial charge in [-0.1, -0.05) is 25.2 Å². The summed E-state index contributed by atoms with van der Waals surface area (Å²) in [5.74, 6) is 2.22. The van der Waals surface area contributed by atoms with Crippen LogP contribution >= 0.6 is 0 Å². The molecule has 160 valence electrons. The predicted octanol–water partition coefficient (Wildman–Crippen LogP) is 0.781. The van der Waals surface area contributed by atoms with Crippen LogP contribution in [0.15, 0.2) is 12.5 Å². The van der Waals surface area contributed by atoms with E-state index < -0.39 is 24.0 Å². The van der Waals surface area contributed by atoms with Crippen LogP contribution in [-0.4, -0.2) is 60.1 Å². The Morgan fingerprint density at radius 3 is 2.77 bits per heavy atom. The molecular formula is C21H26N4O5. The smallest absolute Gasteiger partial charge is 0.199 e. The van der Waals surface area contributed by atoms with Crippen LogP contribution in [0.2, 0.25) is 0 Å². The number of aliphatic hydroxyl groups excluding tert-OH is 2. The molecule has 1 aliphatic heterocycles. The predicted molar refractivity (Wildman–Crippen MR) is 108 cm³/mol. The number of aromatic nitrogens is 3. The number of Topliss-reactive ketones (excluding diaryl/α,β-unsaturated/α-hetero) is 1. The quantitative estimate of drug-likeness (QED) is 0.415. The van der Waals surface area contributed by atoms with Gasteiger partial charge in [0.25, 0.3) is 0 Å². The van der Waals surface area contributed by atoms with Crippen molar-refractivity contribution < 1.29 is 24.9 Å². The van der Waals surface area contributed by atoms with Crippen molar-refractivity contribution in [1.82, 2.24) is 14.5 Å². The fraction of sp³-hybridized carbons (Fsp3) is 0.571. The average Bonchev–Trinajstić information content (AvgIpc) is 3.26. The number of ketones is 1. The molecule has 0 aromatic carbocycles. The third-order valence-electron chi connectivity index (χ3n) is 6.26. The summed E-state index contributed by atoms with van der Waals surface area (Å²) < 4.78 is 7.29. The number of anilines is 1. The molecule has 4 rings (SSSR count). The largest absolute Gasteiger partial charge is 0.396 e. The van der Waals surface area contributed by atoms with Gasteiger partial charge in [0.1, 0.15) is 23.9 Å². The third kappa shape index (κ3) is 3.17. The monoisotopic (exact) mass is 414 g/mol. The minimum absolute atomic E-state index is 0.0466. The minimum atomic E-state index is -2.07. The molecule has 2 fully saturated rings. The fourth-order valence-corrected chi connectivity index (χ4v) is 4.62. The number of nitrogens with two attached hydrogens (primary N) is 1. The number of nitrogens with zero attached hydrogens (tertiary/aromatic N) is 3. The van der Waals surface area contributed by atoms with Crippen LogP contribution in [-0.2, 0) is 4.74 Å². The second kappa shape index (κ2) is 7.96. The number of hydrogen-bond donors (Lipinski definition) is 4. The number of rotatable bonds is 5. The van der Waals surface area contributed by atoms with E-state index in [9.17, 15) is 20.1 Å². The molecule has 30 heavy (non-hydrogen) atoms. The van der Waals surface area contributed by atoms with Crippen LogP contribution in [0, 0.1) is 18.3 Å². The van der Waals surface area contributed by atoms with E-state index in [1.807, 2.05) is 0 Å². The first-order valence-corrected chi connectivity index (χ1v) is 10.2. The van der Waals surface area contributed by atoms with Gasteiger partial charge in [-0.15, -0.1) is 6.42 Å². The zero-order chi connectivity index (χ0) is 21.5. The van der Waals surface area contributed by atoms with Crippen LogP contribution in [0.3, 0.4) is 0 Å². The zero-order valence-electron chi connectivity index (χ0n) is 16.6. The number of nitrogen functional groups attached to an aromatic ring is 1. The maximum absolute atomic E-state index is 13.3. The number of aliphatic hydroxyl groups is 3. The molecule has 2 aromatic rings. The van der Waals surface area contributed by atoms with Crippen molar-refractivity contribution in [2.75, 3.05) is 12.3 Å². The summed E-state index contributed by atoms with van der Waals surface area (Å²) in [6, 6.07) is 0. The van der Waals surface area contributed by atoms with Crippen molar-refractivity contribution in [2.24, 2.45) is 5.92 Å². The highest BCUT2D eigenvalue weighted by Crippen LogP contribution is 2.42. The first kappa shape index (κ1) is 20.8. The second-order valence-corrected chi connectivity index (χ2v) is 8.06. The summed E-state index contributed by atoms with van der Waals surface area (Å²) in [7, 11) is 0. The first-order chi connectivity index (χ1) is 14.4. The SMILES string of the molecule is C#CC1(O)C(O)C(CCO)OC1n1cc(C(=O)C2CCCCC2)c2c(N)ncnc21. The van der Waals surface area contributed by atoms with Gasteiger partial charge in [0, 0.05) is 24.3 Å². The Labute approximate surface area is 173 Å². The molecule has 0 bridgehead atoms. The minimum Gasteiger partial charge on any atom is -0.396 e. The highest BCUT2D eigenvalue weighted by atomic mass is 16.6. The Hall–Kier alpha value is -2.51. The Balaban J connectivity index is 1.83. The van der Waals surface area contributed by atoms with Crippen molar-refractivity contribution in [1.29, 1.82) is 0 Å². The molecule has 2 aliphatic rings. The van der Waals surface area contributed by atoms with Gasteiger partial charge < -0.3 is 30.4 Å². The normalized spacial score (nSPS) is 29.9. The molecule has 1 saturated heterocycles. The van der Waals surface area contributed by atoms with E-state index in [0.29, 0.717) is 10.9 Å². The molecule has 1 saturated carbocycles. The molecule has 4 atom stereocenters. The average molecular weight is 414 g/mol. The lowest BCUT2D eigenvalue weighted by Gasteiger charge is -2.26. The lowest BCUT2D eigenvalue weighted by molar-refractivity contribution is -0.0692. The topological polar surface area (TPSA) is 144 Å². The van der Waals surface area contributed by atoms with Crippen LogP contribution in [0.1, 0.15) is 55.1 Å². The highest BCUT2D eigenvalue weighted by Gasteiger charge is 2.55. The second-order valence-electron chi connectivity index (χ2n) is 8.06. The zero-order valence-corrected chi connectivity index (χ0v) is 16.6. The van der Waals surface area contributed by atoms with Gasteiger partial charge in [-0.3, -0.25) is 4.79 Å². The molecule has 5 N–H and O–H groups in total. The molecule has 4 unspecified atom stereocenters. The molecule has 9 heteroatoms. The van der Waals surface area contributed by atoms with Crippen molar-refractivity contribution in [3.8, 4) is 12.3 Å². The molecule has 9 nitrogen and oxygen atoms in total. The van der Waals surface area contributed by atoms with Gasteiger partial charge in [0.15, 0.2) is 17.6 Å². The van der Waals surface area contributed by atoms with E-state index in [-0.39, 0.29) is 36.2 Å². The van der Waals surface area contributed by atoms with Crippen molar-refractivity contribution in [3.05, 3.63) is 18.1 Å². The van der Waals surface area contributed by atoms with Gasteiger partial charge in [-0.2, -0.15) is 0 Å². The summed E-state index contributed by atoms with van der Waals surface area (Å²) in [6.07, 6.45) is 9.67. The highest BCUT2D eigenvalue weighted by molar-refractivity contribution is 6.11. The van der Waals surface area contributed by atoms with E-state index in [1.165, 1.54) is 17.1 Å². The fourth-order valence-electron chi connectivity index (χ4n) is 4.62. The molecule has 3 heterocycles.